The lowest BCUT2D eigenvalue weighted by atomic mass is 10.0. The van der Waals surface area contributed by atoms with Crippen LogP contribution in [0.25, 0.3) is 11.2 Å². The first kappa shape index (κ1) is 12.7. The van der Waals surface area contributed by atoms with E-state index in [1.165, 1.54) is 6.42 Å². The Labute approximate surface area is 108 Å². The van der Waals surface area contributed by atoms with Crippen molar-refractivity contribution in [2.75, 3.05) is 5.32 Å². The van der Waals surface area contributed by atoms with Crippen LogP contribution in [0.5, 0.6) is 0 Å². The van der Waals surface area contributed by atoms with Gasteiger partial charge >= 0.3 is 0 Å². The smallest absolute Gasteiger partial charge is 0.180 e. The first-order valence-corrected chi connectivity index (χ1v) is 6.49. The molecule has 0 radical (unpaired) electrons. The molecule has 4 nitrogen and oxygen atoms in total. The molecule has 0 spiro atoms. The molecule has 0 bridgehead atoms. The summed E-state index contributed by atoms with van der Waals surface area (Å²) in [5.41, 5.74) is 1.52. The van der Waals surface area contributed by atoms with Crippen LogP contribution in [0.4, 0.5) is 5.82 Å². The molecular weight excluding hydrogens is 224 g/mol. The maximum atomic E-state index is 4.46. The highest BCUT2D eigenvalue weighted by atomic mass is 15.0. The van der Waals surface area contributed by atoms with Crippen molar-refractivity contribution in [3.05, 3.63) is 24.5 Å². The molecule has 2 aromatic heterocycles. The zero-order valence-electron chi connectivity index (χ0n) is 11.2. The van der Waals surface area contributed by atoms with Crippen LogP contribution < -0.4 is 5.32 Å². The van der Waals surface area contributed by atoms with E-state index in [0.717, 1.165) is 23.7 Å². The first-order valence-electron chi connectivity index (χ1n) is 6.49. The van der Waals surface area contributed by atoms with Crippen molar-refractivity contribution in [2.45, 2.75) is 39.7 Å². The fourth-order valence-electron chi connectivity index (χ4n) is 1.84. The van der Waals surface area contributed by atoms with Gasteiger partial charge in [-0.05, 0) is 37.8 Å². The predicted molar refractivity (Wildman–Crippen MR) is 74.5 cm³/mol. The quantitative estimate of drug-likeness (QED) is 0.877. The van der Waals surface area contributed by atoms with Gasteiger partial charge < -0.3 is 5.32 Å². The summed E-state index contributed by atoms with van der Waals surface area (Å²) in [5.74, 6) is 1.61. The number of anilines is 1. The van der Waals surface area contributed by atoms with Crippen LogP contribution in [0.1, 0.15) is 33.6 Å². The van der Waals surface area contributed by atoms with Crippen LogP contribution in [0.3, 0.4) is 0 Å². The van der Waals surface area contributed by atoms with Crippen molar-refractivity contribution in [2.24, 2.45) is 5.92 Å². The van der Waals surface area contributed by atoms with Crippen molar-refractivity contribution in [1.82, 2.24) is 15.0 Å². The number of rotatable bonds is 5. The van der Waals surface area contributed by atoms with Gasteiger partial charge in [-0.25, -0.2) is 9.97 Å². The van der Waals surface area contributed by atoms with Gasteiger partial charge in [-0.2, -0.15) is 0 Å². The third-order valence-corrected chi connectivity index (χ3v) is 2.90. The molecular formula is C14H20N4. The zero-order chi connectivity index (χ0) is 13.0. The summed E-state index contributed by atoms with van der Waals surface area (Å²) in [7, 11) is 0. The number of fused-ring (bicyclic) bond motifs is 1. The monoisotopic (exact) mass is 244 g/mol. The zero-order valence-corrected chi connectivity index (χ0v) is 11.2. The summed E-state index contributed by atoms with van der Waals surface area (Å²) < 4.78 is 0. The number of nitrogens with zero attached hydrogens (tertiary/aromatic N) is 3. The first-order chi connectivity index (χ1) is 8.65. The predicted octanol–water partition coefficient (Wildman–Crippen LogP) is 3.26. The van der Waals surface area contributed by atoms with Crippen LogP contribution in [0, 0.1) is 5.92 Å². The Balaban J connectivity index is 2.03. The van der Waals surface area contributed by atoms with E-state index in [0.29, 0.717) is 11.7 Å². The van der Waals surface area contributed by atoms with Gasteiger partial charge in [-0.1, -0.05) is 13.8 Å². The molecule has 0 aliphatic rings. The van der Waals surface area contributed by atoms with E-state index in [4.69, 9.17) is 0 Å². The second kappa shape index (κ2) is 5.76. The molecule has 1 atom stereocenters. The summed E-state index contributed by atoms with van der Waals surface area (Å²) in [4.78, 5) is 12.9. The van der Waals surface area contributed by atoms with E-state index in [1.807, 2.05) is 12.1 Å². The van der Waals surface area contributed by atoms with E-state index in [-0.39, 0.29) is 0 Å². The molecule has 4 heteroatoms. The Morgan fingerprint density at radius 1 is 1.06 bits per heavy atom. The third kappa shape index (κ3) is 3.39. The van der Waals surface area contributed by atoms with Gasteiger partial charge in [0.05, 0.1) is 0 Å². The molecule has 18 heavy (non-hydrogen) atoms. The van der Waals surface area contributed by atoms with E-state index >= 15 is 0 Å². The molecule has 2 aromatic rings. The van der Waals surface area contributed by atoms with Crippen LogP contribution in [0.15, 0.2) is 24.5 Å². The van der Waals surface area contributed by atoms with Crippen molar-refractivity contribution in [3.8, 4) is 0 Å². The van der Waals surface area contributed by atoms with Gasteiger partial charge in [0.1, 0.15) is 11.3 Å². The largest absolute Gasteiger partial charge is 0.368 e. The second-order valence-electron chi connectivity index (χ2n) is 5.11. The average molecular weight is 244 g/mol. The Hall–Kier alpha value is -1.71. The van der Waals surface area contributed by atoms with Gasteiger partial charge in [0.25, 0.3) is 0 Å². The van der Waals surface area contributed by atoms with Gasteiger partial charge in [-0.3, -0.25) is 4.98 Å². The summed E-state index contributed by atoms with van der Waals surface area (Å²) in [5, 5.41) is 3.41. The van der Waals surface area contributed by atoms with Crippen molar-refractivity contribution in [1.29, 1.82) is 0 Å². The van der Waals surface area contributed by atoms with Crippen molar-refractivity contribution in [3.63, 3.8) is 0 Å². The fourth-order valence-corrected chi connectivity index (χ4v) is 1.84. The minimum absolute atomic E-state index is 0.425. The van der Waals surface area contributed by atoms with E-state index < -0.39 is 0 Å². The molecule has 0 aliphatic heterocycles. The summed E-state index contributed by atoms with van der Waals surface area (Å²) >= 11 is 0. The second-order valence-corrected chi connectivity index (χ2v) is 5.11. The molecule has 0 fully saturated rings. The van der Waals surface area contributed by atoms with Crippen LogP contribution >= 0.6 is 0 Å². The molecule has 0 amide bonds. The lowest BCUT2D eigenvalue weighted by Gasteiger charge is -2.15. The molecule has 0 aromatic carbocycles. The summed E-state index contributed by atoms with van der Waals surface area (Å²) in [6.07, 6.45) is 5.73. The van der Waals surface area contributed by atoms with Crippen molar-refractivity contribution >= 4 is 17.0 Å². The minimum Gasteiger partial charge on any atom is -0.368 e. The lowest BCUT2D eigenvalue weighted by molar-refractivity contribution is 0.527. The average Bonchev–Trinajstić information content (AvgIpc) is 2.36. The highest BCUT2D eigenvalue weighted by Crippen LogP contribution is 2.14. The molecule has 0 saturated carbocycles. The Bertz CT molecular complexity index is 510. The Morgan fingerprint density at radius 3 is 2.61 bits per heavy atom. The van der Waals surface area contributed by atoms with E-state index in [9.17, 15) is 0 Å². The van der Waals surface area contributed by atoms with Crippen molar-refractivity contribution < 1.29 is 0 Å². The third-order valence-electron chi connectivity index (χ3n) is 2.90. The molecule has 1 N–H and O–H groups in total. The Morgan fingerprint density at radius 2 is 1.83 bits per heavy atom. The minimum atomic E-state index is 0.425. The number of pyridine rings is 1. The topological polar surface area (TPSA) is 50.7 Å². The number of aromatic nitrogens is 3. The molecule has 1 unspecified atom stereocenters. The van der Waals surface area contributed by atoms with Gasteiger partial charge in [-0.15, -0.1) is 0 Å². The number of nitrogens with one attached hydrogen (secondary N) is 1. The van der Waals surface area contributed by atoms with Crippen LogP contribution in [-0.4, -0.2) is 21.0 Å². The lowest BCUT2D eigenvalue weighted by Crippen LogP contribution is -2.16. The highest BCUT2D eigenvalue weighted by Gasteiger charge is 2.05. The van der Waals surface area contributed by atoms with Crippen LogP contribution in [-0.2, 0) is 0 Å². The van der Waals surface area contributed by atoms with Gasteiger partial charge in [0, 0.05) is 18.4 Å². The maximum absolute atomic E-state index is 4.46. The molecule has 0 saturated heterocycles. The molecule has 2 heterocycles. The number of hydrogen-bond donors (Lipinski definition) is 1. The van der Waals surface area contributed by atoms with Gasteiger partial charge in [0.2, 0.25) is 0 Å². The van der Waals surface area contributed by atoms with Crippen LogP contribution in [0.2, 0.25) is 0 Å². The Kier molecular flexibility index (Phi) is 4.07. The van der Waals surface area contributed by atoms with E-state index in [1.54, 1.807) is 12.4 Å². The normalized spacial score (nSPS) is 12.9. The summed E-state index contributed by atoms with van der Waals surface area (Å²) in [6, 6.07) is 4.34. The summed E-state index contributed by atoms with van der Waals surface area (Å²) in [6.45, 7) is 6.68. The fraction of sp³-hybridized carbons (Fsp3) is 0.500. The molecule has 0 aliphatic carbocycles. The van der Waals surface area contributed by atoms with E-state index in [2.05, 4.69) is 41.0 Å². The number of hydrogen-bond acceptors (Lipinski definition) is 4. The SMILES string of the molecule is CC(C)CCC(C)Nc1ccc2nccnc2n1. The highest BCUT2D eigenvalue weighted by molar-refractivity contribution is 5.71. The van der Waals surface area contributed by atoms with Gasteiger partial charge in [0.15, 0.2) is 5.65 Å². The maximum Gasteiger partial charge on any atom is 0.180 e. The molecule has 96 valence electrons. The molecule has 2 rings (SSSR count). The standard InChI is InChI=1S/C14H20N4/c1-10(2)4-5-11(3)17-13-7-6-12-14(18-13)16-9-8-15-12/h6-11H,4-5H2,1-3H3,(H,16,17,18).